The van der Waals surface area contributed by atoms with Gasteiger partial charge in [-0.25, -0.2) is 13.8 Å². The van der Waals surface area contributed by atoms with Crippen LogP contribution in [0.2, 0.25) is 5.02 Å². The van der Waals surface area contributed by atoms with Crippen molar-refractivity contribution in [3.05, 3.63) is 81.3 Å². The monoisotopic (exact) mass is 580 g/mol. The Bertz CT molecular complexity index is 1650. The number of oxime groups is 1. The number of hydrogen-bond acceptors (Lipinski definition) is 6. The molecule has 0 aliphatic carbocycles. The second kappa shape index (κ2) is 9.89. The quantitative estimate of drug-likeness (QED) is 0.276. The fourth-order valence-corrected chi connectivity index (χ4v) is 5.32. The number of nitrogens with zero attached hydrogens (tertiary/aromatic N) is 2. The minimum atomic E-state index is -4.84. The van der Waals surface area contributed by atoms with Crippen LogP contribution in [-0.2, 0) is 15.8 Å². The summed E-state index contributed by atoms with van der Waals surface area (Å²) in [7, 11) is 0. The molecule has 3 heterocycles. The summed E-state index contributed by atoms with van der Waals surface area (Å²) in [5.74, 6) is -3.18. The molecule has 14 heteroatoms. The smallest absolute Gasteiger partial charge is 0.382 e. The standard InChI is InChI=1S/C25H14ClF5N4O3S/c26-13-2-1-3-14(28)19(13)15-9-16(38-35-15)23(37)34-20-18-12(10-4-6-11(27)7-5-10)8-17(25(29,30)31)33-24(18)39-21(20)22(32)36/h1-8,16H,9H2,(H2,32,36)(H,34,37). The summed E-state index contributed by atoms with van der Waals surface area (Å²) < 4.78 is 68.8. The Morgan fingerprint density at radius 3 is 2.49 bits per heavy atom. The minimum Gasteiger partial charge on any atom is -0.382 e. The van der Waals surface area contributed by atoms with Gasteiger partial charge in [0.2, 0.25) is 6.10 Å². The maximum Gasteiger partial charge on any atom is 0.433 e. The Labute approximate surface area is 225 Å². The number of carbonyl (C=O) groups excluding carboxylic acids is 2. The lowest BCUT2D eigenvalue weighted by Crippen LogP contribution is -2.29. The molecule has 0 bridgehead atoms. The van der Waals surface area contributed by atoms with Crippen LogP contribution < -0.4 is 11.1 Å². The van der Waals surface area contributed by atoms with Gasteiger partial charge in [-0.1, -0.05) is 35.0 Å². The minimum absolute atomic E-state index is 0.0157. The van der Waals surface area contributed by atoms with Crippen molar-refractivity contribution in [2.24, 2.45) is 10.9 Å². The van der Waals surface area contributed by atoms with Gasteiger partial charge in [-0.05, 0) is 41.5 Å². The maximum absolute atomic E-state index is 14.3. The first-order valence-electron chi connectivity index (χ1n) is 11.0. The lowest BCUT2D eigenvalue weighted by molar-refractivity contribution is -0.140. The number of fused-ring (bicyclic) bond motifs is 1. The number of alkyl halides is 3. The zero-order chi connectivity index (χ0) is 28.1. The lowest BCUT2D eigenvalue weighted by Gasteiger charge is -2.14. The maximum atomic E-state index is 14.3. The second-order valence-electron chi connectivity index (χ2n) is 8.33. The zero-order valence-electron chi connectivity index (χ0n) is 19.3. The van der Waals surface area contributed by atoms with E-state index in [1.807, 2.05) is 0 Å². The molecule has 3 N–H and O–H groups in total. The molecule has 1 unspecified atom stereocenters. The number of amides is 2. The SMILES string of the molecule is NC(=O)c1sc2nc(C(F)(F)F)cc(-c3ccc(F)cc3)c2c1NC(=O)C1CC(c2c(F)cccc2Cl)=NO1. The van der Waals surface area contributed by atoms with Crippen molar-refractivity contribution in [1.29, 1.82) is 0 Å². The molecule has 0 saturated heterocycles. The topological polar surface area (TPSA) is 107 Å². The molecule has 7 nitrogen and oxygen atoms in total. The van der Waals surface area contributed by atoms with Crippen molar-refractivity contribution < 1.29 is 36.4 Å². The molecular formula is C25H14ClF5N4O3S. The number of aromatic nitrogens is 1. The summed E-state index contributed by atoms with van der Waals surface area (Å²) in [6, 6.07) is 9.31. The largest absolute Gasteiger partial charge is 0.433 e. The number of halogens is 6. The second-order valence-corrected chi connectivity index (χ2v) is 9.74. The third kappa shape index (κ3) is 5.02. The summed E-state index contributed by atoms with van der Waals surface area (Å²) in [5.41, 5.74) is 4.12. The molecule has 4 aromatic rings. The molecule has 39 heavy (non-hydrogen) atoms. The van der Waals surface area contributed by atoms with Crippen molar-refractivity contribution in [2.75, 3.05) is 5.32 Å². The summed E-state index contributed by atoms with van der Waals surface area (Å²) >= 11 is 6.61. The number of primary amides is 1. The number of anilines is 1. The highest BCUT2D eigenvalue weighted by atomic mass is 35.5. The highest BCUT2D eigenvalue weighted by molar-refractivity contribution is 7.21. The van der Waals surface area contributed by atoms with E-state index in [0.29, 0.717) is 11.3 Å². The Balaban J connectivity index is 1.57. The number of carbonyl (C=O) groups is 2. The molecule has 1 aliphatic heterocycles. The summed E-state index contributed by atoms with van der Waals surface area (Å²) in [5, 5.41) is 6.28. The normalized spacial score (nSPS) is 15.2. The number of pyridine rings is 1. The fourth-order valence-electron chi connectivity index (χ4n) is 4.04. The van der Waals surface area contributed by atoms with Crippen LogP contribution in [0.15, 0.2) is 53.7 Å². The van der Waals surface area contributed by atoms with Gasteiger partial charge in [0.15, 0.2) is 0 Å². The van der Waals surface area contributed by atoms with E-state index in [0.717, 1.165) is 24.3 Å². The average molecular weight is 581 g/mol. The molecule has 2 aromatic heterocycles. The van der Waals surface area contributed by atoms with E-state index in [-0.39, 0.29) is 54.6 Å². The van der Waals surface area contributed by atoms with Crippen LogP contribution >= 0.6 is 22.9 Å². The molecule has 1 aliphatic rings. The van der Waals surface area contributed by atoms with Crippen molar-refractivity contribution in [3.63, 3.8) is 0 Å². The molecule has 0 radical (unpaired) electrons. The van der Waals surface area contributed by atoms with E-state index in [9.17, 15) is 31.5 Å². The Morgan fingerprint density at radius 1 is 1.13 bits per heavy atom. The van der Waals surface area contributed by atoms with Gasteiger partial charge in [0, 0.05) is 11.8 Å². The van der Waals surface area contributed by atoms with Crippen LogP contribution in [0.25, 0.3) is 21.3 Å². The van der Waals surface area contributed by atoms with Gasteiger partial charge in [-0.3, -0.25) is 9.59 Å². The van der Waals surface area contributed by atoms with Gasteiger partial charge in [-0.2, -0.15) is 13.2 Å². The van der Waals surface area contributed by atoms with Gasteiger partial charge in [0.1, 0.15) is 27.0 Å². The predicted molar refractivity (Wildman–Crippen MR) is 135 cm³/mol. The van der Waals surface area contributed by atoms with E-state index in [1.165, 1.54) is 24.3 Å². The van der Waals surface area contributed by atoms with Crippen molar-refractivity contribution in [1.82, 2.24) is 4.98 Å². The van der Waals surface area contributed by atoms with Crippen LogP contribution in [0.3, 0.4) is 0 Å². The van der Waals surface area contributed by atoms with Crippen LogP contribution in [0, 0.1) is 11.6 Å². The zero-order valence-corrected chi connectivity index (χ0v) is 20.8. The Morgan fingerprint density at radius 2 is 1.85 bits per heavy atom. The average Bonchev–Trinajstić information content (AvgIpc) is 3.49. The van der Waals surface area contributed by atoms with Crippen LogP contribution in [0.1, 0.15) is 27.3 Å². The molecule has 2 aromatic carbocycles. The highest BCUT2D eigenvalue weighted by Gasteiger charge is 2.36. The molecule has 0 spiro atoms. The van der Waals surface area contributed by atoms with Gasteiger partial charge < -0.3 is 15.9 Å². The first-order valence-corrected chi connectivity index (χ1v) is 12.2. The number of hydrogen-bond donors (Lipinski definition) is 2. The highest BCUT2D eigenvalue weighted by Crippen LogP contribution is 2.44. The Hall–Kier alpha value is -4.10. The lowest BCUT2D eigenvalue weighted by atomic mass is 10.0. The summed E-state index contributed by atoms with van der Waals surface area (Å²) in [4.78, 5) is 33.7. The van der Waals surface area contributed by atoms with E-state index in [4.69, 9.17) is 22.2 Å². The van der Waals surface area contributed by atoms with E-state index in [2.05, 4.69) is 15.5 Å². The predicted octanol–water partition coefficient (Wildman–Crippen LogP) is 6.14. The van der Waals surface area contributed by atoms with Crippen molar-refractivity contribution >= 4 is 56.4 Å². The first kappa shape index (κ1) is 26.5. The summed E-state index contributed by atoms with van der Waals surface area (Å²) in [6.07, 6.45) is -6.33. The van der Waals surface area contributed by atoms with Crippen molar-refractivity contribution in [2.45, 2.75) is 18.7 Å². The van der Waals surface area contributed by atoms with E-state index >= 15 is 0 Å². The van der Waals surface area contributed by atoms with Crippen LogP contribution in [0.4, 0.5) is 27.6 Å². The Kier molecular flexibility index (Phi) is 6.72. The van der Waals surface area contributed by atoms with E-state index < -0.39 is 41.4 Å². The molecule has 2 amide bonds. The van der Waals surface area contributed by atoms with Gasteiger partial charge in [0.05, 0.1) is 22.0 Å². The van der Waals surface area contributed by atoms with Gasteiger partial charge in [0.25, 0.3) is 11.8 Å². The number of benzene rings is 2. The molecule has 1 atom stereocenters. The van der Waals surface area contributed by atoms with Gasteiger partial charge >= 0.3 is 6.18 Å². The molecule has 0 fully saturated rings. The third-order valence-electron chi connectivity index (χ3n) is 5.79. The van der Waals surface area contributed by atoms with Crippen LogP contribution in [-0.4, -0.2) is 28.6 Å². The number of thiophene rings is 1. The number of nitrogens with two attached hydrogens (primary N) is 1. The first-order chi connectivity index (χ1) is 18.4. The van der Waals surface area contributed by atoms with Crippen LogP contribution in [0.5, 0.6) is 0 Å². The van der Waals surface area contributed by atoms with E-state index in [1.54, 1.807) is 0 Å². The van der Waals surface area contributed by atoms with Crippen molar-refractivity contribution in [3.8, 4) is 11.1 Å². The summed E-state index contributed by atoms with van der Waals surface area (Å²) in [6.45, 7) is 0. The molecule has 5 rings (SSSR count). The number of nitrogens with one attached hydrogen (secondary N) is 1. The fraction of sp³-hybridized carbons (Fsp3) is 0.120. The number of rotatable bonds is 5. The van der Waals surface area contributed by atoms with Gasteiger partial charge in [-0.15, -0.1) is 11.3 Å². The molecule has 0 saturated carbocycles. The molecule has 200 valence electrons. The third-order valence-corrected chi connectivity index (χ3v) is 7.21. The molecular weight excluding hydrogens is 567 g/mol.